The van der Waals surface area contributed by atoms with Crippen LogP contribution >= 0.6 is 0 Å². The summed E-state index contributed by atoms with van der Waals surface area (Å²) in [5, 5.41) is 10.9. The van der Waals surface area contributed by atoms with E-state index in [1.165, 1.54) is 11.0 Å². The van der Waals surface area contributed by atoms with Crippen LogP contribution in [-0.4, -0.2) is 28.3 Å². The highest BCUT2D eigenvalue weighted by Crippen LogP contribution is 2.31. The Morgan fingerprint density at radius 3 is 2.55 bits per heavy atom. The van der Waals surface area contributed by atoms with Crippen molar-refractivity contribution in [3.63, 3.8) is 0 Å². The second-order valence-corrected chi connectivity index (χ2v) is 4.52. The number of rotatable bonds is 5. The third-order valence-electron chi connectivity index (χ3n) is 3.04. The molecule has 5 nitrogen and oxygen atoms in total. The summed E-state index contributed by atoms with van der Waals surface area (Å²) in [4.78, 5) is 23.7. The first-order valence-corrected chi connectivity index (χ1v) is 6.01. The van der Waals surface area contributed by atoms with Crippen LogP contribution in [0.25, 0.3) is 0 Å². The molecule has 20 heavy (non-hydrogen) atoms. The molecular formula is C13H12F2N2O3. The maximum atomic E-state index is 13.3. The summed E-state index contributed by atoms with van der Waals surface area (Å²) in [6.45, 7) is 3.72. The van der Waals surface area contributed by atoms with E-state index in [1.807, 2.05) is 0 Å². The molecule has 0 bridgehead atoms. The van der Waals surface area contributed by atoms with Gasteiger partial charge in [0.25, 0.3) is 11.6 Å². The van der Waals surface area contributed by atoms with E-state index in [1.54, 1.807) is 0 Å². The Bertz CT molecular complexity index is 585. The molecule has 0 atom stereocenters. The van der Waals surface area contributed by atoms with Gasteiger partial charge >= 0.3 is 0 Å². The van der Waals surface area contributed by atoms with E-state index in [-0.39, 0.29) is 12.6 Å². The smallest absolute Gasteiger partial charge is 0.285 e. The Balaban J connectivity index is 2.44. The Hall–Kier alpha value is -2.31. The fourth-order valence-electron chi connectivity index (χ4n) is 1.94. The molecule has 0 radical (unpaired) electrons. The van der Waals surface area contributed by atoms with Crippen molar-refractivity contribution in [3.8, 4) is 0 Å². The molecule has 0 heterocycles. The molecule has 0 saturated heterocycles. The monoisotopic (exact) mass is 282 g/mol. The molecule has 0 aromatic heterocycles. The molecule has 1 amide bonds. The van der Waals surface area contributed by atoms with Crippen LogP contribution in [0.1, 0.15) is 23.2 Å². The second-order valence-electron chi connectivity index (χ2n) is 4.52. The van der Waals surface area contributed by atoms with Gasteiger partial charge in [-0.1, -0.05) is 6.08 Å². The van der Waals surface area contributed by atoms with Crippen LogP contribution in [0.3, 0.4) is 0 Å². The number of carbonyl (C=O) groups excluding carboxylic acids is 1. The van der Waals surface area contributed by atoms with Crippen molar-refractivity contribution in [2.45, 2.75) is 18.9 Å². The molecule has 1 fully saturated rings. The quantitative estimate of drug-likeness (QED) is 0.474. The predicted octanol–water partition coefficient (Wildman–Crippen LogP) is 2.66. The van der Waals surface area contributed by atoms with Gasteiger partial charge in [0.1, 0.15) is 5.56 Å². The summed E-state index contributed by atoms with van der Waals surface area (Å²) in [5.74, 6) is -3.32. The first kappa shape index (κ1) is 14.1. The van der Waals surface area contributed by atoms with Crippen molar-refractivity contribution in [1.29, 1.82) is 0 Å². The zero-order valence-electron chi connectivity index (χ0n) is 10.5. The number of amides is 1. The maximum absolute atomic E-state index is 13.3. The highest BCUT2D eigenvalue weighted by molar-refractivity contribution is 5.98. The molecule has 1 saturated carbocycles. The van der Waals surface area contributed by atoms with E-state index in [0.29, 0.717) is 12.1 Å². The third-order valence-corrected chi connectivity index (χ3v) is 3.04. The number of halogens is 2. The van der Waals surface area contributed by atoms with Crippen molar-refractivity contribution in [1.82, 2.24) is 4.90 Å². The van der Waals surface area contributed by atoms with Crippen molar-refractivity contribution in [2.75, 3.05) is 6.54 Å². The third kappa shape index (κ3) is 2.66. The van der Waals surface area contributed by atoms with Gasteiger partial charge in [0.15, 0.2) is 11.6 Å². The van der Waals surface area contributed by atoms with Crippen molar-refractivity contribution < 1.29 is 18.5 Å². The van der Waals surface area contributed by atoms with Crippen LogP contribution in [0.2, 0.25) is 0 Å². The number of benzene rings is 1. The highest BCUT2D eigenvalue weighted by atomic mass is 19.2. The number of nitro groups is 1. The van der Waals surface area contributed by atoms with E-state index in [0.717, 1.165) is 12.8 Å². The Morgan fingerprint density at radius 1 is 1.45 bits per heavy atom. The van der Waals surface area contributed by atoms with E-state index < -0.39 is 33.7 Å². The number of nitrogens with zero attached hydrogens (tertiary/aromatic N) is 2. The Kier molecular flexibility index (Phi) is 3.78. The Morgan fingerprint density at radius 2 is 2.05 bits per heavy atom. The van der Waals surface area contributed by atoms with Gasteiger partial charge in [0.2, 0.25) is 0 Å². The minimum absolute atomic E-state index is 0.0202. The SMILES string of the molecule is C=CCN(C(=O)c1cc(F)c(F)cc1[N+](=O)[O-])C1CC1. The largest absolute Gasteiger partial charge is 0.332 e. The van der Waals surface area contributed by atoms with E-state index >= 15 is 0 Å². The number of hydrogen-bond donors (Lipinski definition) is 0. The fraction of sp³-hybridized carbons (Fsp3) is 0.308. The molecule has 1 aliphatic carbocycles. The van der Waals surface area contributed by atoms with Gasteiger partial charge in [-0.2, -0.15) is 0 Å². The maximum Gasteiger partial charge on any atom is 0.285 e. The Labute approximate surface area is 113 Å². The summed E-state index contributed by atoms with van der Waals surface area (Å²) in [6.07, 6.45) is 3.07. The molecule has 7 heteroatoms. The standard InChI is InChI=1S/C13H12F2N2O3/c1-2-5-16(8-3-4-8)13(18)9-6-10(14)11(15)7-12(9)17(19)20/h2,6-8H,1,3-5H2. The lowest BCUT2D eigenvalue weighted by Gasteiger charge is -2.20. The molecule has 0 spiro atoms. The molecule has 1 aromatic rings. The first-order valence-electron chi connectivity index (χ1n) is 6.01. The molecule has 2 rings (SSSR count). The van der Waals surface area contributed by atoms with E-state index in [9.17, 15) is 23.7 Å². The van der Waals surface area contributed by atoms with Gasteiger partial charge in [-0.25, -0.2) is 8.78 Å². The van der Waals surface area contributed by atoms with Gasteiger partial charge in [0.05, 0.1) is 11.0 Å². The van der Waals surface area contributed by atoms with Crippen molar-refractivity contribution in [3.05, 3.63) is 52.1 Å². The molecule has 1 aliphatic rings. The second kappa shape index (κ2) is 5.36. The first-order chi connectivity index (χ1) is 9.45. The van der Waals surface area contributed by atoms with Crippen LogP contribution in [0.5, 0.6) is 0 Å². The summed E-state index contributed by atoms with van der Waals surface area (Å²) < 4.78 is 26.3. The van der Waals surface area contributed by atoms with E-state index in [4.69, 9.17) is 0 Å². The van der Waals surface area contributed by atoms with Crippen LogP contribution < -0.4 is 0 Å². The number of hydrogen-bond acceptors (Lipinski definition) is 3. The lowest BCUT2D eigenvalue weighted by molar-refractivity contribution is -0.385. The summed E-state index contributed by atoms with van der Waals surface area (Å²) in [7, 11) is 0. The average Bonchev–Trinajstić information content (AvgIpc) is 3.22. The molecule has 0 aliphatic heterocycles. The van der Waals surface area contributed by atoms with Gasteiger partial charge in [-0.05, 0) is 18.9 Å². The molecule has 1 aromatic carbocycles. The van der Waals surface area contributed by atoms with Gasteiger partial charge in [-0.15, -0.1) is 6.58 Å². The zero-order valence-corrected chi connectivity index (χ0v) is 10.5. The van der Waals surface area contributed by atoms with E-state index in [2.05, 4.69) is 6.58 Å². The van der Waals surface area contributed by atoms with Crippen LogP contribution in [0.4, 0.5) is 14.5 Å². The lowest BCUT2D eigenvalue weighted by atomic mass is 10.1. The number of nitro benzene ring substituents is 1. The van der Waals surface area contributed by atoms with Crippen molar-refractivity contribution in [2.24, 2.45) is 0 Å². The zero-order chi connectivity index (χ0) is 14.9. The summed E-state index contributed by atoms with van der Waals surface area (Å²) in [6, 6.07) is 0.990. The predicted molar refractivity (Wildman–Crippen MR) is 67.3 cm³/mol. The number of carbonyl (C=O) groups is 1. The molecule has 0 N–H and O–H groups in total. The summed E-state index contributed by atoms with van der Waals surface area (Å²) >= 11 is 0. The fourth-order valence-corrected chi connectivity index (χ4v) is 1.94. The van der Waals surface area contributed by atoms with Gasteiger partial charge in [-0.3, -0.25) is 14.9 Å². The topological polar surface area (TPSA) is 63.5 Å². The molecule has 106 valence electrons. The van der Waals surface area contributed by atoms with Crippen LogP contribution in [0, 0.1) is 21.7 Å². The van der Waals surface area contributed by atoms with Gasteiger partial charge in [0, 0.05) is 12.6 Å². The average molecular weight is 282 g/mol. The van der Waals surface area contributed by atoms with Gasteiger partial charge < -0.3 is 4.90 Å². The van der Waals surface area contributed by atoms with Crippen molar-refractivity contribution >= 4 is 11.6 Å². The minimum atomic E-state index is -1.35. The molecular weight excluding hydrogens is 270 g/mol. The highest BCUT2D eigenvalue weighted by Gasteiger charge is 2.35. The van der Waals surface area contributed by atoms with Crippen LogP contribution in [0.15, 0.2) is 24.8 Å². The van der Waals surface area contributed by atoms with Crippen LogP contribution in [-0.2, 0) is 0 Å². The minimum Gasteiger partial charge on any atom is -0.332 e. The normalized spacial score (nSPS) is 13.9. The molecule has 0 unspecified atom stereocenters. The lowest BCUT2D eigenvalue weighted by Crippen LogP contribution is -2.33. The summed E-state index contributed by atoms with van der Waals surface area (Å²) in [5.41, 5.74) is -1.17.